The SMILES string of the molecule is CCCCCNC(=O)COc1ccc(N(C)S(=O)(=O)c2ccc(OCC)cc2)cc1. The molecule has 0 fully saturated rings. The van der Waals surface area contributed by atoms with Crippen LogP contribution in [0, 0.1) is 0 Å². The monoisotopic (exact) mass is 434 g/mol. The Balaban J connectivity index is 1.95. The lowest BCUT2D eigenvalue weighted by Crippen LogP contribution is -2.29. The van der Waals surface area contributed by atoms with Gasteiger partial charge >= 0.3 is 0 Å². The first-order chi connectivity index (χ1) is 14.4. The van der Waals surface area contributed by atoms with E-state index in [2.05, 4.69) is 12.2 Å². The number of hydrogen-bond acceptors (Lipinski definition) is 5. The first-order valence-corrected chi connectivity index (χ1v) is 11.5. The smallest absolute Gasteiger partial charge is 0.264 e. The molecule has 0 aliphatic carbocycles. The molecule has 2 rings (SSSR count). The molecule has 1 N–H and O–H groups in total. The van der Waals surface area contributed by atoms with E-state index in [9.17, 15) is 13.2 Å². The Labute approximate surface area is 179 Å². The molecule has 0 saturated heterocycles. The largest absolute Gasteiger partial charge is 0.494 e. The fourth-order valence-electron chi connectivity index (χ4n) is 2.73. The zero-order valence-electron chi connectivity index (χ0n) is 17.8. The lowest BCUT2D eigenvalue weighted by Gasteiger charge is -2.20. The summed E-state index contributed by atoms with van der Waals surface area (Å²) in [5.41, 5.74) is 0.486. The lowest BCUT2D eigenvalue weighted by atomic mass is 10.2. The summed E-state index contributed by atoms with van der Waals surface area (Å²) < 4.78 is 37.7. The number of sulfonamides is 1. The molecule has 0 saturated carbocycles. The van der Waals surface area contributed by atoms with Crippen LogP contribution < -0.4 is 19.1 Å². The second-order valence-electron chi connectivity index (χ2n) is 6.72. The number of nitrogens with zero attached hydrogens (tertiary/aromatic N) is 1. The molecule has 7 nitrogen and oxygen atoms in total. The van der Waals surface area contributed by atoms with E-state index in [-0.39, 0.29) is 17.4 Å². The topological polar surface area (TPSA) is 84.9 Å². The van der Waals surface area contributed by atoms with E-state index in [0.717, 1.165) is 19.3 Å². The Kier molecular flexibility index (Phi) is 8.98. The van der Waals surface area contributed by atoms with E-state index < -0.39 is 10.0 Å². The molecule has 1 amide bonds. The van der Waals surface area contributed by atoms with Crippen LogP contribution in [0.1, 0.15) is 33.1 Å². The summed E-state index contributed by atoms with van der Waals surface area (Å²) in [4.78, 5) is 11.9. The molecule has 0 unspecified atom stereocenters. The second kappa shape index (κ2) is 11.4. The second-order valence-corrected chi connectivity index (χ2v) is 8.69. The molecule has 0 radical (unpaired) electrons. The van der Waals surface area contributed by atoms with Crippen LogP contribution in [-0.2, 0) is 14.8 Å². The highest BCUT2D eigenvalue weighted by Crippen LogP contribution is 2.25. The van der Waals surface area contributed by atoms with Gasteiger partial charge in [-0.3, -0.25) is 9.10 Å². The fourth-order valence-corrected chi connectivity index (χ4v) is 3.92. The number of anilines is 1. The van der Waals surface area contributed by atoms with Crippen molar-refractivity contribution in [3.05, 3.63) is 48.5 Å². The van der Waals surface area contributed by atoms with Gasteiger partial charge in [-0.05, 0) is 61.9 Å². The van der Waals surface area contributed by atoms with Crippen LogP contribution in [0.3, 0.4) is 0 Å². The maximum atomic E-state index is 12.8. The van der Waals surface area contributed by atoms with E-state index >= 15 is 0 Å². The zero-order valence-corrected chi connectivity index (χ0v) is 18.6. The maximum absolute atomic E-state index is 12.8. The molecule has 0 aliphatic rings. The van der Waals surface area contributed by atoms with Crippen LogP contribution in [0.15, 0.2) is 53.4 Å². The molecule has 0 spiro atoms. The predicted molar refractivity (Wildman–Crippen MR) is 118 cm³/mol. The molecule has 0 aromatic heterocycles. The van der Waals surface area contributed by atoms with Crippen molar-refractivity contribution in [2.75, 3.05) is 31.1 Å². The van der Waals surface area contributed by atoms with Gasteiger partial charge in [0.25, 0.3) is 15.9 Å². The fraction of sp³-hybridized carbons (Fsp3) is 0.409. The number of carbonyl (C=O) groups excluding carboxylic acids is 1. The molecule has 0 atom stereocenters. The zero-order chi connectivity index (χ0) is 22.0. The van der Waals surface area contributed by atoms with Gasteiger partial charge in [0.05, 0.1) is 17.2 Å². The third-order valence-corrected chi connectivity index (χ3v) is 6.27. The number of amides is 1. The minimum Gasteiger partial charge on any atom is -0.494 e. The van der Waals surface area contributed by atoms with Crippen LogP contribution in [0.2, 0.25) is 0 Å². The molecule has 164 valence electrons. The van der Waals surface area contributed by atoms with Crippen molar-refractivity contribution in [3.8, 4) is 11.5 Å². The molecule has 30 heavy (non-hydrogen) atoms. The summed E-state index contributed by atoms with van der Waals surface area (Å²) in [7, 11) is -2.21. The highest BCUT2D eigenvalue weighted by Gasteiger charge is 2.21. The van der Waals surface area contributed by atoms with Crippen molar-refractivity contribution in [2.45, 2.75) is 38.0 Å². The standard InChI is InChI=1S/C22H30N2O5S/c1-4-6-7-16-23-22(25)17-29-20-10-8-18(9-11-20)24(3)30(26,27)21-14-12-19(13-15-21)28-5-2/h8-15H,4-7,16-17H2,1-3H3,(H,23,25). The van der Waals surface area contributed by atoms with Crippen molar-refractivity contribution < 1.29 is 22.7 Å². The number of hydrogen-bond donors (Lipinski definition) is 1. The normalized spacial score (nSPS) is 11.0. The summed E-state index contributed by atoms with van der Waals surface area (Å²) in [6, 6.07) is 12.9. The third kappa shape index (κ3) is 6.66. The Bertz CT molecular complexity index is 896. The van der Waals surface area contributed by atoms with Crippen molar-refractivity contribution >= 4 is 21.6 Å². The molecular weight excluding hydrogens is 404 g/mol. The third-order valence-electron chi connectivity index (χ3n) is 4.47. The number of unbranched alkanes of at least 4 members (excludes halogenated alkanes) is 2. The molecule has 0 aliphatic heterocycles. The van der Waals surface area contributed by atoms with Gasteiger partial charge in [-0.25, -0.2) is 8.42 Å². The highest BCUT2D eigenvalue weighted by atomic mass is 32.2. The molecule has 0 heterocycles. The van der Waals surface area contributed by atoms with E-state index in [1.807, 2.05) is 6.92 Å². The van der Waals surface area contributed by atoms with Gasteiger partial charge in [0.15, 0.2) is 6.61 Å². The Morgan fingerprint density at radius 3 is 2.13 bits per heavy atom. The summed E-state index contributed by atoms with van der Waals surface area (Å²) in [6.45, 7) is 5.05. The van der Waals surface area contributed by atoms with Crippen molar-refractivity contribution in [1.29, 1.82) is 0 Å². The predicted octanol–water partition coefficient (Wildman–Crippen LogP) is 3.60. The molecule has 2 aromatic carbocycles. The lowest BCUT2D eigenvalue weighted by molar-refractivity contribution is -0.123. The number of carbonyl (C=O) groups is 1. The minimum absolute atomic E-state index is 0.0776. The van der Waals surface area contributed by atoms with Crippen molar-refractivity contribution in [2.24, 2.45) is 0 Å². The summed E-state index contributed by atoms with van der Waals surface area (Å²) in [5, 5.41) is 2.81. The van der Waals surface area contributed by atoms with Crippen molar-refractivity contribution in [3.63, 3.8) is 0 Å². The van der Waals surface area contributed by atoms with Gasteiger partial charge in [-0.1, -0.05) is 19.8 Å². The Hall–Kier alpha value is -2.74. The average Bonchev–Trinajstić information content (AvgIpc) is 2.76. The number of nitrogens with one attached hydrogen (secondary N) is 1. The first kappa shape index (κ1) is 23.5. The van der Waals surface area contributed by atoms with Crippen LogP contribution in [0.4, 0.5) is 5.69 Å². The van der Waals surface area contributed by atoms with Gasteiger partial charge in [0.1, 0.15) is 11.5 Å². The van der Waals surface area contributed by atoms with E-state index in [4.69, 9.17) is 9.47 Å². The molecule has 2 aromatic rings. The molecular formula is C22H30N2O5S. The van der Waals surface area contributed by atoms with Gasteiger partial charge in [0, 0.05) is 13.6 Å². The quantitative estimate of drug-likeness (QED) is 0.516. The van der Waals surface area contributed by atoms with Crippen molar-refractivity contribution in [1.82, 2.24) is 5.32 Å². The van der Waals surface area contributed by atoms with E-state index in [1.165, 1.54) is 23.5 Å². The highest BCUT2D eigenvalue weighted by molar-refractivity contribution is 7.92. The average molecular weight is 435 g/mol. The number of rotatable bonds is 12. The number of ether oxygens (including phenoxy) is 2. The van der Waals surface area contributed by atoms with Crippen LogP contribution in [0.5, 0.6) is 11.5 Å². The summed E-state index contributed by atoms with van der Waals surface area (Å²) in [5.74, 6) is 0.940. The maximum Gasteiger partial charge on any atom is 0.264 e. The molecule has 8 heteroatoms. The van der Waals surface area contributed by atoms with E-state index in [0.29, 0.717) is 30.3 Å². The van der Waals surface area contributed by atoms with Gasteiger partial charge in [-0.15, -0.1) is 0 Å². The first-order valence-electron chi connectivity index (χ1n) is 10.1. The van der Waals surface area contributed by atoms with Crippen LogP contribution >= 0.6 is 0 Å². The molecule has 0 bridgehead atoms. The summed E-state index contributed by atoms with van der Waals surface area (Å²) in [6.07, 6.45) is 3.13. The van der Waals surface area contributed by atoms with Gasteiger partial charge in [0.2, 0.25) is 0 Å². The minimum atomic E-state index is -3.70. The van der Waals surface area contributed by atoms with Crippen LogP contribution in [0.25, 0.3) is 0 Å². The Morgan fingerprint density at radius 2 is 1.53 bits per heavy atom. The number of benzene rings is 2. The van der Waals surface area contributed by atoms with Gasteiger partial charge < -0.3 is 14.8 Å². The van der Waals surface area contributed by atoms with Gasteiger partial charge in [-0.2, -0.15) is 0 Å². The van der Waals surface area contributed by atoms with E-state index in [1.54, 1.807) is 36.4 Å². The summed E-state index contributed by atoms with van der Waals surface area (Å²) >= 11 is 0. The Morgan fingerprint density at radius 1 is 0.933 bits per heavy atom. The van der Waals surface area contributed by atoms with Crippen LogP contribution in [-0.4, -0.2) is 41.1 Å².